The Hall–Kier alpha value is -3.85. The Morgan fingerprint density at radius 1 is 0.794 bits per heavy atom. The van der Waals surface area contributed by atoms with Gasteiger partial charge in [-0.15, -0.1) is 0 Å². The van der Waals surface area contributed by atoms with Crippen molar-refractivity contribution < 1.29 is 27.5 Å². The number of anilines is 2. The minimum absolute atomic E-state index is 0.0263. The average molecular weight is 483 g/mol. The number of hydrogen-bond donors (Lipinski definition) is 2. The first-order valence-electron chi connectivity index (χ1n) is 10.6. The Morgan fingerprint density at radius 3 is 1.88 bits per heavy atom. The summed E-state index contributed by atoms with van der Waals surface area (Å²) in [5.41, 5.74) is 1.09. The van der Waals surface area contributed by atoms with Gasteiger partial charge in [0.25, 0.3) is 11.8 Å². The Labute approximate surface area is 198 Å². The summed E-state index contributed by atoms with van der Waals surface area (Å²) in [6.07, 6.45) is 0.430. The molecule has 0 spiro atoms. The molecule has 0 radical (unpaired) electrons. The topological polar surface area (TPSA) is 111 Å². The summed E-state index contributed by atoms with van der Waals surface area (Å²) in [5, 5.41) is 5.47. The normalized spacial score (nSPS) is 10.9. The number of methoxy groups -OCH3 is 2. The standard InChI is InChI=1S/C25H26N2O6S/c1-4-14-34(30,31)23-13-9-8-12-18(23)25(29)27-20-16-21(32-2)19(15-22(20)33-3)26-24(28)17-10-6-5-7-11-17/h5-13,15-16H,4,14H2,1-3H3,(H,26,28)(H,27,29). The molecule has 3 aromatic carbocycles. The molecular weight excluding hydrogens is 456 g/mol. The van der Waals surface area contributed by atoms with E-state index in [4.69, 9.17) is 9.47 Å². The smallest absolute Gasteiger partial charge is 0.257 e. The number of hydrogen-bond acceptors (Lipinski definition) is 6. The van der Waals surface area contributed by atoms with Crippen LogP contribution in [0.2, 0.25) is 0 Å². The SMILES string of the molecule is CCCS(=O)(=O)c1ccccc1C(=O)Nc1cc(OC)c(NC(=O)c2ccccc2)cc1OC. The zero-order chi connectivity index (χ0) is 24.7. The van der Waals surface area contributed by atoms with Gasteiger partial charge in [0, 0.05) is 17.7 Å². The molecule has 3 aromatic rings. The maximum Gasteiger partial charge on any atom is 0.257 e. The van der Waals surface area contributed by atoms with E-state index < -0.39 is 15.7 Å². The van der Waals surface area contributed by atoms with Crippen LogP contribution in [0.1, 0.15) is 34.1 Å². The lowest BCUT2D eigenvalue weighted by Crippen LogP contribution is -2.18. The molecular formula is C25H26N2O6S. The number of benzene rings is 3. The van der Waals surface area contributed by atoms with Gasteiger partial charge in [-0.1, -0.05) is 37.3 Å². The molecule has 0 aliphatic rings. The first kappa shape index (κ1) is 24.8. The quantitative estimate of drug-likeness (QED) is 0.468. The van der Waals surface area contributed by atoms with E-state index >= 15 is 0 Å². The number of rotatable bonds is 9. The summed E-state index contributed by atoms with van der Waals surface area (Å²) in [5.74, 6) is -0.479. The number of sulfone groups is 1. The largest absolute Gasteiger partial charge is 0.494 e. The van der Waals surface area contributed by atoms with Gasteiger partial charge < -0.3 is 20.1 Å². The molecule has 34 heavy (non-hydrogen) atoms. The molecule has 2 N–H and O–H groups in total. The predicted octanol–water partition coefficient (Wildman–Crippen LogP) is 4.39. The molecule has 9 heteroatoms. The van der Waals surface area contributed by atoms with Crippen molar-refractivity contribution in [3.05, 3.63) is 77.9 Å². The van der Waals surface area contributed by atoms with E-state index in [1.165, 1.54) is 38.5 Å². The predicted molar refractivity (Wildman–Crippen MR) is 131 cm³/mol. The molecule has 0 heterocycles. The summed E-state index contributed by atoms with van der Waals surface area (Å²) >= 11 is 0. The van der Waals surface area contributed by atoms with Crippen LogP contribution in [0.15, 0.2) is 71.6 Å². The second-order valence-electron chi connectivity index (χ2n) is 7.34. The van der Waals surface area contributed by atoms with Gasteiger partial charge in [0.1, 0.15) is 11.5 Å². The van der Waals surface area contributed by atoms with Crippen molar-refractivity contribution in [2.75, 3.05) is 30.6 Å². The van der Waals surface area contributed by atoms with Crippen LogP contribution in [-0.2, 0) is 9.84 Å². The summed E-state index contributed by atoms with van der Waals surface area (Å²) in [6, 6.07) is 17.7. The monoisotopic (exact) mass is 482 g/mol. The number of carbonyl (C=O) groups excluding carboxylic acids is 2. The fourth-order valence-electron chi connectivity index (χ4n) is 3.37. The van der Waals surface area contributed by atoms with Gasteiger partial charge in [-0.25, -0.2) is 8.42 Å². The maximum atomic E-state index is 13.1. The summed E-state index contributed by atoms with van der Waals surface area (Å²) < 4.78 is 36.1. The van der Waals surface area contributed by atoms with E-state index in [1.807, 2.05) is 6.07 Å². The third-order valence-electron chi connectivity index (χ3n) is 4.99. The Bertz CT molecular complexity index is 1290. The second kappa shape index (κ2) is 10.8. The van der Waals surface area contributed by atoms with Crippen molar-refractivity contribution in [1.82, 2.24) is 0 Å². The highest BCUT2D eigenvalue weighted by atomic mass is 32.2. The van der Waals surface area contributed by atoms with Gasteiger partial charge in [-0.2, -0.15) is 0 Å². The van der Waals surface area contributed by atoms with Gasteiger partial charge in [-0.3, -0.25) is 9.59 Å². The van der Waals surface area contributed by atoms with Gasteiger partial charge in [0.2, 0.25) is 0 Å². The molecule has 3 rings (SSSR count). The number of ether oxygens (including phenoxy) is 2. The first-order chi connectivity index (χ1) is 16.3. The highest BCUT2D eigenvalue weighted by molar-refractivity contribution is 7.91. The van der Waals surface area contributed by atoms with Crippen LogP contribution in [0.25, 0.3) is 0 Å². The van der Waals surface area contributed by atoms with E-state index in [-0.39, 0.29) is 39.3 Å². The van der Waals surface area contributed by atoms with E-state index in [1.54, 1.807) is 43.3 Å². The molecule has 0 fully saturated rings. The van der Waals surface area contributed by atoms with Crippen LogP contribution in [-0.4, -0.2) is 40.2 Å². The summed E-state index contributed by atoms with van der Waals surface area (Å²) in [4.78, 5) is 25.6. The van der Waals surface area contributed by atoms with Crippen molar-refractivity contribution >= 4 is 33.0 Å². The van der Waals surface area contributed by atoms with E-state index in [0.717, 1.165) is 0 Å². The fraction of sp³-hybridized carbons (Fsp3) is 0.200. The van der Waals surface area contributed by atoms with E-state index in [2.05, 4.69) is 10.6 Å². The van der Waals surface area contributed by atoms with Crippen molar-refractivity contribution in [1.29, 1.82) is 0 Å². The Balaban J connectivity index is 1.93. The molecule has 178 valence electrons. The van der Waals surface area contributed by atoms with Gasteiger partial charge in [0.05, 0.1) is 41.8 Å². The minimum Gasteiger partial charge on any atom is -0.494 e. The van der Waals surface area contributed by atoms with E-state index in [0.29, 0.717) is 17.7 Å². The number of amides is 2. The second-order valence-corrected chi connectivity index (χ2v) is 9.42. The Morgan fingerprint density at radius 2 is 1.32 bits per heavy atom. The maximum absolute atomic E-state index is 13.1. The Kier molecular flexibility index (Phi) is 7.91. The number of nitrogens with one attached hydrogen (secondary N) is 2. The molecule has 2 amide bonds. The van der Waals surface area contributed by atoms with Crippen molar-refractivity contribution in [3.8, 4) is 11.5 Å². The van der Waals surface area contributed by atoms with Crippen LogP contribution in [0.3, 0.4) is 0 Å². The van der Waals surface area contributed by atoms with Crippen LogP contribution in [0.5, 0.6) is 11.5 Å². The first-order valence-corrected chi connectivity index (χ1v) is 12.2. The average Bonchev–Trinajstić information content (AvgIpc) is 2.85. The fourth-order valence-corrected chi connectivity index (χ4v) is 4.91. The molecule has 0 aromatic heterocycles. The lowest BCUT2D eigenvalue weighted by molar-refractivity contribution is 0.101. The zero-order valence-electron chi connectivity index (χ0n) is 19.1. The third kappa shape index (κ3) is 5.55. The molecule has 0 atom stereocenters. The molecule has 0 aliphatic heterocycles. The van der Waals surface area contributed by atoms with Gasteiger partial charge >= 0.3 is 0 Å². The van der Waals surface area contributed by atoms with Crippen LogP contribution in [0, 0.1) is 0 Å². The highest BCUT2D eigenvalue weighted by Crippen LogP contribution is 2.37. The van der Waals surface area contributed by atoms with Crippen molar-refractivity contribution in [2.45, 2.75) is 18.2 Å². The van der Waals surface area contributed by atoms with Crippen LogP contribution in [0.4, 0.5) is 11.4 Å². The molecule has 0 saturated heterocycles. The van der Waals surface area contributed by atoms with Crippen LogP contribution < -0.4 is 20.1 Å². The number of carbonyl (C=O) groups is 2. The summed E-state index contributed by atoms with van der Waals surface area (Å²) in [6.45, 7) is 1.76. The van der Waals surface area contributed by atoms with Crippen molar-refractivity contribution in [2.24, 2.45) is 0 Å². The molecule has 0 saturated carbocycles. The lowest BCUT2D eigenvalue weighted by atomic mass is 10.1. The summed E-state index contributed by atoms with van der Waals surface area (Å²) in [7, 11) is -0.772. The van der Waals surface area contributed by atoms with Crippen molar-refractivity contribution in [3.63, 3.8) is 0 Å². The molecule has 8 nitrogen and oxygen atoms in total. The lowest BCUT2D eigenvalue weighted by Gasteiger charge is -2.17. The minimum atomic E-state index is -3.62. The molecule has 0 aliphatic carbocycles. The highest BCUT2D eigenvalue weighted by Gasteiger charge is 2.23. The van der Waals surface area contributed by atoms with Gasteiger partial charge in [-0.05, 0) is 30.7 Å². The molecule has 0 unspecified atom stereocenters. The van der Waals surface area contributed by atoms with Crippen LogP contribution >= 0.6 is 0 Å². The third-order valence-corrected chi connectivity index (χ3v) is 6.97. The van der Waals surface area contributed by atoms with E-state index in [9.17, 15) is 18.0 Å². The van der Waals surface area contributed by atoms with Gasteiger partial charge in [0.15, 0.2) is 9.84 Å². The molecule has 0 bridgehead atoms. The zero-order valence-corrected chi connectivity index (χ0v) is 19.9.